The second-order valence-corrected chi connectivity index (χ2v) is 6.64. The maximum Gasteiger partial charge on any atom is 0.263 e. The number of halogens is 1. The molecule has 138 valence electrons. The number of benzene rings is 2. The van der Waals surface area contributed by atoms with Crippen molar-refractivity contribution in [2.24, 2.45) is 0 Å². The molecule has 1 heterocycles. The molecule has 0 aliphatic carbocycles. The second kappa shape index (κ2) is 7.87. The molecule has 1 aliphatic rings. The predicted molar refractivity (Wildman–Crippen MR) is 100 cm³/mol. The van der Waals surface area contributed by atoms with Gasteiger partial charge in [0.1, 0.15) is 5.75 Å². The summed E-state index contributed by atoms with van der Waals surface area (Å²) in [6, 6.07) is 10.9. The van der Waals surface area contributed by atoms with Crippen molar-refractivity contribution in [2.75, 3.05) is 20.8 Å². The van der Waals surface area contributed by atoms with Crippen molar-refractivity contribution >= 4 is 17.5 Å². The Labute approximate surface area is 158 Å². The lowest BCUT2D eigenvalue weighted by atomic mass is 9.98. The van der Waals surface area contributed by atoms with Gasteiger partial charge in [-0.3, -0.25) is 4.79 Å². The number of carbonyl (C=O) groups is 1. The summed E-state index contributed by atoms with van der Waals surface area (Å²) in [6.07, 6.45) is 0.201. The number of ether oxygens (including phenoxy) is 3. The average Bonchev–Trinajstić information content (AvgIpc) is 2.67. The number of fused-ring (bicyclic) bond motifs is 1. The molecular formula is C20H22ClNO4. The van der Waals surface area contributed by atoms with Crippen molar-refractivity contribution in [3.63, 3.8) is 0 Å². The first-order valence-corrected chi connectivity index (χ1v) is 8.84. The molecule has 0 N–H and O–H groups in total. The van der Waals surface area contributed by atoms with E-state index in [1.54, 1.807) is 45.4 Å². The van der Waals surface area contributed by atoms with Crippen LogP contribution in [0, 0.1) is 0 Å². The lowest BCUT2D eigenvalue weighted by Gasteiger charge is -2.31. The van der Waals surface area contributed by atoms with E-state index in [-0.39, 0.29) is 5.91 Å². The average molecular weight is 376 g/mol. The lowest BCUT2D eigenvalue weighted by Crippen LogP contribution is -2.43. The normalized spacial score (nSPS) is 14.4. The highest BCUT2D eigenvalue weighted by molar-refractivity contribution is 6.30. The van der Waals surface area contributed by atoms with Gasteiger partial charge in [0, 0.05) is 18.1 Å². The summed E-state index contributed by atoms with van der Waals surface area (Å²) < 4.78 is 16.5. The number of hydrogen-bond acceptors (Lipinski definition) is 4. The Morgan fingerprint density at radius 3 is 2.31 bits per heavy atom. The summed E-state index contributed by atoms with van der Waals surface area (Å²) in [5.74, 6) is 1.97. The van der Waals surface area contributed by atoms with Crippen LogP contribution < -0.4 is 14.2 Å². The van der Waals surface area contributed by atoms with Crippen molar-refractivity contribution in [1.29, 1.82) is 0 Å². The summed E-state index contributed by atoms with van der Waals surface area (Å²) in [6.45, 7) is 2.94. The van der Waals surface area contributed by atoms with Gasteiger partial charge in [-0.1, -0.05) is 11.6 Å². The summed E-state index contributed by atoms with van der Waals surface area (Å²) in [4.78, 5) is 14.6. The minimum atomic E-state index is -0.571. The first-order valence-electron chi connectivity index (χ1n) is 8.46. The van der Waals surface area contributed by atoms with Gasteiger partial charge in [0.05, 0.1) is 14.2 Å². The van der Waals surface area contributed by atoms with Gasteiger partial charge < -0.3 is 19.1 Å². The topological polar surface area (TPSA) is 48.0 Å². The van der Waals surface area contributed by atoms with E-state index in [0.29, 0.717) is 35.4 Å². The van der Waals surface area contributed by atoms with Crippen LogP contribution in [0.3, 0.4) is 0 Å². The van der Waals surface area contributed by atoms with E-state index in [2.05, 4.69) is 0 Å². The first-order chi connectivity index (χ1) is 12.5. The molecule has 26 heavy (non-hydrogen) atoms. The quantitative estimate of drug-likeness (QED) is 0.799. The molecule has 0 saturated carbocycles. The molecule has 0 bridgehead atoms. The smallest absolute Gasteiger partial charge is 0.263 e. The third kappa shape index (κ3) is 3.88. The van der Waals surface area contributed by atoms with Gasteiger partial charge in [-0.15, -0.1) is 0 Å². The van der Waals surface area contributed by atoms with Crippen LogP contribution in [0.5, 0.6) is 17.2 Å². The fourth-order valence-corrected chi connectivity index (χ4v) is 3.22. The van der Waals surface area contributed by atoms with E-state index < -0.39 is 6.10 Å². The number of rotatable bonds is 5. The standard InChI is InChI=1S/C20H22ClNO4/c1-13(26-17-6-4-16(21)5-7-17)20(23)22-9-8-14-10-18(24-2)19(25-3)11-15(14)12-22/h4-7,10-11,13H,8-9,12H2,1-3H3. The lowest BCUT2D eigenvalue weighted by molar-refractivity contribution is -0.138. The van der Waals surface area contributed by atoms with Crippen LogP contribution >= 0.6 is 11.6 Å². The molecule has 0 fully saturated rings. The summed E-state index contributed by atoms with van der Waals surface area (Å²) in [5.41, 5.74) is 2.25. The number of hydrogen-bond donors (Lipinski definition) is 0. The van der Waals surface area contributed by atoms with E-state index >= 15 is 0 Å². The van der Waals surface area contributed by atoms with Gasteiger partial charge in [0.25, 0.3) is 5.91 Å². The SMILES string of the molecule is COc1cc2c(cc1OC)CN(C(=O)C(C)Oc1ccc(Cl)cc1)CC2. The number of methoxy groups -OCH3 is 2. The fourth-order valence-electron chi connectivity index (χ4n) is 3.10. The van der Waals surface area contributed by atoms with Crippen LogP contribution in [0.2, 0.25) is 5.02 Å². The van der Waals surface area contributed by atoms with Crippen LogP contribution in [0.25, 0.3) is 0 Å². The largest absolute Gasteiger partial charge is 0.493 e. The molecule has 1 atom stereocenters. The Morgan fingerprint density at radius 1 is 1.08 bits per heavy atom. The summed E-state index contributed by atoms with van der Waals surface area (Å²) in [7, 11) is 3.23. The van der Waals surface area contributed by atoms with Crippen molar-refractivity contribution in [3.05, 3.63) is 52.5 Å². The molecule has 0 spiro atoms. The first kappa shape index (κ1) is 18.4. The van der Waals surface area contributed by atoms with Crippen LogP contribution in [0.4, 0.5) is 0 Å². The molecule has 6 heteroatoms. The molecule has 2 aromatic rings. The zero-order valence-electron chi connectivity index (χ0n) is 15.1. The van der Waals surface area contributed by atoms with E-state index in [4.69, 9.17) is 25.8 Å². The maximum atomic E-state index is 12.8. The Kier molecular flexibility index (Phi) is 5.57. The van der Waals surface area contributed by atoms with Crippen LogP contribution in [0.1, 0.15) is 18.1 Å². The molecular weight excluding hydrogens is 354 g/mol. The molecule has 5 nitrogen and oxygen atoms in total. The van der Waals surface area contributed by atoms with Gasteiger partial charge in [0.2, 0.25) is 0 Å². The summed E-state index contributed by atoms with van der Waals surface area (Å²) >= 11 is 5.88. The highest BCUT2D eigenvalue weighted by Crippen LogP contribution is 2.33. The highest BCUT2D eigenvalue weighted by Gasteiger charge is 2.27. The van der Waals surface area contributed by atoms with E-state index in [9.17, 15) is 4.79 Å². The van der Waals surface area contributed by atoms with Gasteiger partial charge >= 0.3 is 0 Å². The van der Waals surface area contributed by atoms with Gasteiger partial charge in [-0.05, 0) is 60.9 Å². The van der Waals surface area contributed by atoms with Crippen molar-refractivity contribution in [3.8, 4) is 17.2 Å². The van der Waals surface area contributed by atoms with Gasteiger partial charge in [-0.25, -0.2) is 0 Å². The molecule has 1 amide bonds. The van der Waals surface area contributed by atoms with Crippen LogP contribution in [0.15, 0.2) is 36.4 Å². The zero-order chi connectivity index (χ0) is 18.7. The molecule has 3 rings (SSSR count). The third-order valence-electron chi connectivity index (χ3n) is 4.50. The Bertz CT molecular complexity index is 791. The molecule has 2 aromatic carbocycles. The van der Waals surface area contributed by atoms with Crippen LogP contribution in [-0.2, 0) is 17.8 Å². The molecule has 1 aliphatic heterocycles. The van der Waals surface area contributed by atoms with Crippen molar-refractivity contribution in [1.82, 2.24) is 4.90 Å². The van der Waals surface area contributed by atoms with Crippen LogP contribution in [-0.4, -0.2) is 37.7 Å². The van der Waals surface area contributed by atoms with E-state index in [1.165, 1.54) is 5.56 Å². The Morgan fingerprint density at radius 2 is 1.69 bits per heavy atom. The predicted octanol–water partition coefficient (Wildman–Crippen LogP) is 3.71. The number of nitrogens with zero attached hydrogens (tertiary/aromatic N) is 1. The number of amides is 1. The minimum Gasteiger partial charge on any atom is -0.493 e. The summed E-state index contributed by atoms with van der Waals surface area (Å²) in [5, 5.41) is 0.633. The van der Waals surface area contributed by atoms with E-state index in [0.717, 1.165) is 12.0 Å². The molecule has 0 radical (unpaired) electrons. The minimum absolute atomic E-state index is 0.0413. The maximum absolute atomic E-state index is 12.8. The third-order valence-corrected chi connectivity index (χ3v) is 4.76. The fraction of sp³-hybridized carbons (Fsp3) is 0.350. The molecule has 1 unspecified atom stereocenters. The Balaban J connectivity index is 1.71. The van der Waals surface area contributed by atoms with Crippen molar-refractivity contribution < 1.29 is 19.0 Å². The number of carbonyl (C=O) groups excluding carboxylic acids is 1. The molecule has 0 saturated heterocycles. The zero-order valence-corrected chi connectivity index (χ0v) is 15.9. The Hall–Kier alpha value is -2.40. The van der Waals surface area contributed by atoms with Crippen molar-refractivity contribution in [2.45, 2.75) is 26.0 Å². The highest BCUT2D eigenvalue weighted by atomic mass is 35.5. The molecule has 0 aromatic heterocycles. The second-order valence-electron chi connectivity index (χ2n) is 6.20. The van der Waals surface area contributed by atoms with Gasteiger partial charge in [0.15, 0.2) is 17.6 Å². The van der Waals surface area contributed by atoms with E-state index in [1.807, 2.05) is 17.0 Å². The van der Waals surface area contributed by atoms with Gasteiger partial charge in [-0.2, -0.15) is 0 Å². The monoisotopic (exact) mass is 375 g/mol.